The van der Waals surface area contributed by atoms with Gasteiger partial charge in [-0.25, -0.2) is 0 Å². The molecule has 1 fully saturated rings. The maximum Gasteiger partial charge on any atom is 0.238 e. The van der Waals surface area contributed by atoms with E-state index in [1.807, 2.05) is 0 Å². The Balaban J connectivity index is 2.24. The fourth-order valence-corrected chi connectivity index (χ4v) is 3.18. The molecule has 0 aromatic rings. The number of carbonyl (C=O) groups excluding carboxylic acids is 1. The van der Waals surface area contributed by atoms with Crippen LogP contribution >= 0.6 is 0 Å². The molecule has 16 heavy (non-hydrogen) atoms. The molecule has 0 spiro atoms. The van der Waals surface area contributed by atoms with Gasteiger partial charge in [-0.05, 0) is 45.6 Å². The van der Waals surface area contributed by atoms with Crippen molar-refractivity contribution in [1.82, 2.24) is 4.90 Å². The number of likely N-dealkylation sites (tertiary alicyclic amines) is 1. The van der Waals surface area contributed by atoms with Crippen molar-refractivity contribution >= 4 is 5.91 Å². The maximum absolute atomic E-state index is 11.9. The number of rotatable bonds is 2. The minimum absolute atomic E-state index is 0.134. The van der Waals surface area contributed by atoms with Gasteiger partial charge in [-0.15, -0.1) is 0 Å². The second kappa shape index (κ2) is 4.58. The van der Waals surface area contributed by atoms with E-state index in [2.05, 4.69) is 24.0 Å². The summed E-state index contributed by atoms with van der Waals surface area (Å²) in [6, 6.07) is 0.493. The van der Waals surface area contributed by atoms with Gasteiger partial charge in [0.15, 0.2) is 0 Å². The van der Waals surface area contributed by atoms with Crippen molar-refractivity contribution < 1.29 is 4.79 Å². The number of nitrogens with zero attached hydrogens (tertiary/aromatic N) is 1. The molecule has 2 unspecified atom stereocenters. The molecule has 2 aliphatic rings. The first kappa shape index (κ1) is 11.6. The molecule has 1 aliphatic carbocycles. The lowest BCUT2D eigenvalue weighted by Crippen LogP contribution is -2.61. The number of primary amides is 1. The van der Waals surface area contributed by atoms with Gasteiger partial charge in [0, 0.05) is 6.04 Å². The largest absolute Gasteiger partial charge is 0.368 e. The smallest absolute Gasteiger partial charge is 0.238 e. The average molecular weight is 222 g/mol. The molecule has 1 aliphatic heterocycles. The van der Waals surface area contributed by atoms with Crippen molar-refractivity contribution in [3.63, 3.8) is 0 Å². The fraction of sp³-hybridized carbons (Fsp3) is 0.769. The number of amides is 1. The molecule has 2 atom stereocenters. The van der Waals surface area contributed by atoms with Gasteiger partial charge in [-0.1, -0.05) is 18.6 Å². The number of hydrogen-bond donors (Lipinski definition) is 1. The zero-order chi connectivity index (χ0) is 11.6. The van der Waals surface area contributed by atoms with Crippen molar-refractivity contribution in [3.8, 4) is 0 Å². The lowest BCUT2D eigenvalue weighted by Gasteiger charge is -2.48. The molecule has 1 heterocycles. The van der Waals surface area contributed by atoms with Gasteiger partial charge in [0.2, 0.25) is 5.91 Å². The Morgan fingerprint density at radius 2 is 2.25 bits per heavy atom. The Morgan fingerprint density at radius 1 is 1.44 bits per heavy atom. The van der Waals surface area contributed by atoms with Gasteiger partial charge in [0.1, 0.15) is 5.54 Å². The first-order valence-electron chi connectivity index (χ1n) is 6.38. The van der Waals surface area contributed by atoms with Crippen LogP contribution in [0.2, 0.25) is 0 Å². The summed E-state index contributed by atoms with van der Waals surface area (Å²) in [7, 11) is 0. The molecule has 0 saturated carbocycles. The maximum atomic E-state index is 11.9. The van der Waals surface area contributed by atoms with Gasteiger partial charge in [0.25, 0.3) is 0 Å². The molecule has 0 aromatic carbocycles. The normalized spacial score (nSPS) is 36.2. The summed E-state index contributed by atoms with van der Waals surface area (Å²) in [5.74, 6) is -0.134. The molecule has 90 valence electrons. The van der Waals surface area contributed by atoms with Gasteiger partial charge in [0.05, 0.1) is 0 Å². The molecule has 0 radical (unpaired) electrons. The Hall–Kier alpha value is -0.830. The van der Waals surface area contributed by atoms with E-state index in [-0.39, 0.29) is 5.91 Å². The quantitative estimate of drug-likeness (QED) is 0.724. The number of nitrogens with two attached hydrogens (primary N) is 1. The zero-order valence-corrected chi connectivity index (χ0v) is 10.1. The van der Waals surface area contributed by atoms with Crippen LogP contribution in [0.1, 0.15) is 45.4 Å². The highest BCUT2D eigenvalue weighted by Gasteiger charge is 2.44. The number of piperidine rings is 1. The van der Waals surface area contributed by atoms with Crippen molar-refractivity contribution in [3.05, 3.63) is 12.2 Å². The van der Waals surface area contributed by atoms with Crippen LogP contribution in [0.25, 0.3) is 0 Å². The van der Waals surface area contributed by atoms with Crippen molar-refractivity contribution in [1.29, 1.82) is 0 Å². The SMILES string of the molecule is CC1CCCCN1C1(C(N)=O)CC=CCC1. The van der Waals surface area contributed by atoms with Gasteiger partial charge >= 0.3 is 0 Å². The van der Waals surface area contributed by atoms with E-state index in [4.69, 9.17) is 5.73 Å². The van der Waals surface area contributed by atoms with Gasteiger partial charge < -0.3 is 5.73 Å². The van der Waals surface area contributed by atoms with Crippen LogP contribution in [0.3, 0.4) is 0 Å². The summed E-state index contributed by atoms with van der Waals surface area (Å²) in [6.45, 7) is 3.25. The topological polar surface area (TPSA) is 46.3 Å². The van der Waals surface area contributed by atoms with Crippen LogP contribution in [0.15, 0.2) is 12.2 Å². The second-order valence-corrected chi connectivity index (χ2v) is 5.15. The number of carbonyl (C=O) groups is 1. The summed E-state index contributed by atoms with van der Waals surface area (Å²) in [5.41, 5.74) is 5.29. The van der Waals surface area contributed by atoms with Crippen LogP contribution in [-0.4, -0.2) is 28.9 Å². The second-order valence-electron chi connectivity index (χ2n) is 5.15. The summed E-state index contributed by atoms with van der Waals surface area (Å²) < 4.78 is 0. The summed E-state index contributed by atoms with van der Waals surface area (Å²) in [4.78, 5) is 14.2. The summed E-state index contributed by atoms with van der Waals surface area (Å²) in [6.07, 6.45) is 10.6. The number of hydrogen-bond acceptors (Lipinski definition) is 2. The molecular formula is C13H22N2O. The third kappa shape index (κ3) is 1.88. The average Bonchev–Trinajstić information content (AvgIpc) is 2.30. The predicted molar refractivity (Wildman–Crippen MR) is 64.9 cm³/mol. The molecule has 3 heteroatoms. The van der Waals surface area contributed by atoms with Crippen molar-refractivity contribution in [2.45, 2.75) is 57.0 Å². The van der Waals surface area contributed by atoms with Gasteiger partial charge in [-0.3, -0.25) is 9.69 Å². The highest BCUT2D eigenvalue weighted by molar-refractivity contribution is 5.85. The highest BCUT2D eigenvalue weighted by Crippen LogP contribution is 2.34. The van der Waals surface area contributed by atoms with E-state index in [1.165, 1.54) is 19.3 Å². The van der Waals surface area contributed by atoms with Crippen LogP contribution in [-0.2, 0) is 4.79 Å². The highest BCUT2D eigenvalue weighted by atomic mass is 16.1. The fourth-order valence-electron chi connectivity index (χ4n) is 3.18. The van der Waals surface area contributed by atoms with E-state index in [0.29, 0.717) is 6.04 Å². The minimum Gasteiger partial charge on any atom is -0.368 e. The van der Waals surface area contributed by atoms with Crippen LogP contribution in [0.5, 0.6) is 0 Å². The van der Waals surface area contributed by atoms with Crippen LogP contribution in [0, 0.1) is 0 Å². The molecule has 2 rings (SSSR count). The first-order chi connectivity index (χ1) is 7.67. The Kier molecular flexibility index (Phi) is 3.33. The minimum atomic E-state index is -0.394. The first-order valence-corrected chi connectivity index (χ1v) is 6.38. The molecule has 1 amide bonds. The lowest BCUT2D eigenvalue weighted by atomic mass is 9.80. The molecule has 0 bridgehead atoms. The Labute approximate surface area is 97.7 Å². The van der Waals surface area contributed by atoms with E-state index in [0.717, 1.165) is 25.8 Å². The monoisotopic (exact) mass is 222 g/mol. The Bertz CT molecular complexity index is 300. The van der Waals surface area contributed by atoms with E-state index in [9.17, 15) is 4.79 Å². The third-order valence-corrected chi connectivity index (χ3v) is 4.16. The van der Waals surface area contributed by atoms with Crippen molar-refractivity contribution in [2.75, 3.05) is 6.54 Å². The van der Waals surface area contributed by atoms with E-state index >= 15 is 0 Å². The summed E-state index contributed by atoms with van der Waals surface area (Å²) in [5, 5.41) is 0. The van der Waals surface area contributed by atoms with Crippen LogP contribution in [0.4, 0.5) is 0 Å². The molecule has 1 saturated heterocycles. The van der Waals surface area contributed by atoms with E-state index in [1.54, 1.807) is 0 Å². The molecule has 0 aromatic heterocycles. The zero-order valence-electron chi connectivity index (χ0n) is 10.1. The molecule has 3 nitrogen and oxygen atoms in total. The standard InChI is InChI=1S/C13H22N2O/c1-11-7-3-6-10-15(11)13(12(14)16)8-4-2-5-9-13/h2,4,11H,3,5-10H2,1H3,(H2,14,16). The third-order valence-electron chi connectivity index (χ3n) is 4.16. The van der Waals surface area contributed by atoms with Crippen LogP contribution < -0.4 is 5.73 Å². The van der Waals surface area contributed by atoms with Gasteiger partial charge in [-0.2, -0.15) is 0 Å². The number of allylic oxidation sites excluding steroid dienone is 1. The Morgan fingerprint density at radius 3 is 2.81 bits per heavy atom. The molecule has 2 N–H and O–H groups in total. The lowest BCUT2D eigenvalue weighted by molar-refractivity contribution is -0.134. The summed E-state index contributed by atoms with van der Waals surface area (Å²) >= 11 is 0. The van der Waals surface area contributed by atoms with Crippen molar-refractivity contribution in [2.24, 2.45) is 5.73 Å². The predicted octanol–water partition coefficient (Wildman–Crippen LogP) is 1.82. The molecular weight excluding hydrogens is 200 g/mol. The van der Waals surface area contributed by atoms with E-state index < -0.39 is 5.54 Å².